The first-order valence-electron chi connectivity index (χ1n) is 6.49. The molecule has 0 atom stereocenters. The second-order valence-electron chi connectivity index (χ2n) is 4.54. The van der Waals surface area contributed by atoms with Crippen molar-refractivity contribution in [3.63, 3.8) is 0 Å². The summed E-state index contributed by atoms with van der Waals surface area (Å²) in [5.41, 5.74) is 2.38. The van der Waals surface area contributed by atoms with Crippen LogP contribution in [0.5, 0.6) is 0 Å². The minimum atomic E-state index is -1.15. The predicted octanol–water partition coefficient (Wildman–Crippen LogP) is 2.79. The van der Waals surface area contributed by atoms with Gasteiger partial charge >= 0.3 is 0 Å². The maximum absolute atomic E-state index is 10.6. The number of rotatable bonds is 4. The molecular weight excluding hydrogens is 320 g/mol. The molecule has 0 fully saturated rings. The van der Waals surface area contributed by atoms with Crippen LogP contribution in [0.15, 0.2) is 53.7 Å². The van der Waals surface area contributed by atoms with Gasteiger partial charge in [0.25, 0.3) is 0 Å². The summed E-state index contributed by atoms with van der Waals surface area (Å²) in [6, 6.07) is 15.0. The van der Waals surface area contributed by atoms with Crippen molar-refractivity contribution in [3.05, 3.63) is 53.6 Å². The van der Waals surface area contributed by atoms with E-state index >= 15 is 0 Å². The molecule has 0 aliphatic heterocycles. The lowest BCUT2D eigenvalue weighted by Crippen LogP contribution is -2.24. The average molecular weight is 330 g/mol. The maximum atomic E-state index is 10.6. The summed E-state index contributed by atoms with van der Waals surface area (Å²) < 4.78 is 0. The number of carboxylic acid groups (broad SMARTS) is 1. The fourth-order valence-electron chi connectivity index (χ4n) is 2.08. The van der Waals surface area contributed by atoms with Crippen molar-refractivity contribution in [2.24, 2.45) is 0 Å². The highest BCUT2D eigenvalue weighted by molar-refractivity contribution is 7.99. The van der Waals surface area contributed by atoms with Gasteiger partial charge in [-0.2, -0.15) is 0 Å². The normalized spacial score (nSPS) is 10.8. The summed E-state index contributed by atoms with van der Waals surface area (Å²) >= 11 is 7.11. The molecule has 6 heteroatoms. The zero-order valence-electron chi connectivity index (χ0n) is 11.3. The van der Waals surface area contributed by atoms with E-state index < -0.39 is 5.97 Å². The fourth-order valence-corrected chi connectivity index (χ4v) is 2.82. The largest absolute Gasteiger partial charge is 0.549 e. The van der Waals surface area contributed by atoms with Gasteiger partial charge in [0.05, 0.1) is 17.2 Å². The molecule has 3 rings (SSSR count). The summed E-state index contributed by atoms with van der Waals surface area (Å²) in [6.45, 7) is 0. The lowest BCUT2D eigenvalue weighted by Gasteiger charge is -2.09. The molecule has 0 aliphatic carbocycles. The van der Waals surface area contributed by atoms with Gasteiger partial charge in [-0.3, -0.25) is 0 Å². The Hall–Kier alpha value is -2.11. The molecule has 0 N–H and O–H groups in total. The number of hydrogen-bond donors (Lipinski definition) is 0. The fraction of sp³-hybridized carbons (Fsp3) is 0.0625. The van der Waals surface area contributed by atoms with Crippen molar-refractivity contribution in [2.75, 3.05) is 5.75 Å². The van der Waals surface area contributed by atoms with E-state index in [1.54, 1.807) is 12.1 Å². The lowest BCUT2D eigenvalue weighted by molar-refractivity contribution is -0.301. The van der Waals surface area contributed by atoms with Gasteiger partial charge in [-0.05, 0) is 18.2 Å². The molecule has 1 aromatic heterocycles. The Balaban J connectivity index is 2.17. The molecule has 0 saturated heterocycles. The zero-order valence-corrected chi connectivity index (χ0v) is 12.9. The number of aromatic nitrogens is 2. The molecule has 3 aromatic rings. The molecule has 110 valence electrons. The van der Waals surface area contributed by atoms with Crippen LogP contribution in [0, 0.1) is 0 Å². The number of carbonyl (C=O) groups is 1. The zero-order chi connectivity index (χ0) is 15.5. The average Bonchev–Trinajstić information content (AvgIpc) is 2.53. The first-order chi connectivity index (χ1) is 10.6. The van der Waals surface area contributed by atoms with Crippen LogP contribution in [-0.2, 0) is 4.79 Å². The maximum Gasteiger partial charge on any atom is 0.189 e. The molecule has 22 heavy (non-hydrogen) atoms. The molecule has 0 radical (unpaired) electrons. The van der Waals surface area contributed by atoms with Crippen LogP contribution in [0.1, 0.15) is 0 Å². The second kappa shape index (κ2) is 6.34. The van der Waals surface area contributed by atoms with E-state index in [0.717, 1.165) is 33.9 Å². The third-order valence-electron chi connectivity index (χ3n) is 3.00. The van der Waals surface area contributed by atoms with Gasteiger partial charge in [-0.25, -0.2) is 9.97 Å². The summed E-state index contributed by atoms with van der Waals surface area (Å²) in [5, 5.41) is 12.5. The van der Waals surface area contributed by atoms with Gasteiger partial charge in [-0.15, -0.1) is 0 Å². The van der Waals surface area contributed by atoms with Gasteiger partial charge in [0.1, 0.15) is 0 Å². The first kappa shape index (κ1) is 14.8. The first-order valence-corrected chi connectivity index (χ1v) is 7.85. The minimum Gasteiger partial charge on any atom is -0.549 e. The number of benzene rings is 2. The Kier molecular flexibility index (Phi) is 4.27. The van der Waals surface area contributed by atoms with Crippen molar-refractivity contribution < 1.29 is 9.90 Å². The van der Waals surface area contributed by atoms with Crippen LogP contribution in [-0.4, -0.2) is 21.7 Å². The van der Waals surface area contributed by atoms with E-state index in [1.165, 1.54) is 0 Å². The number of nitrogens with zero attached hydrogens (tertiary/aromatic N) is 2. The Morgan fingerprint density at radius 3 is 2.64 bits per heavy atom. The van der Waals surface area contributed by atoms with Crippen molar-refractivity contribution >= 4 is 40.2 Å². The SMILES string of the molecule is O=C([O-])CSc1nc(-c2ccccc2)c2cc(Cl)ccc2n1. The predicted molar refractivity (Wildman–Crippen MR) is 85.7 cm³/mol. The van der Waals surface area contributed by atoms with Crippen LogP contribution < -0.4 is 5.11 Å². The molecule has 0 unspecified atom stereocenters. The Morgan fingerprint density at radius 2 is 1.91 bits per heavy atom. The van der Waals surface area contributed by atoms with Crippen LogP contribution in [0.4, 0.5) is 0 Å². The van der Waals surface area contributed by atoms with Gasteiger partial charge < -0.3 is 9.90 Å². The van der Waals surface area contributed by atoms with Gasteiger partial charge in [0.2, 0.25) is 0 Å². The highest BCUT2D eigenvalue weighted by Gasteiger charge is 2.10. The van der Waals surface area contributed by atoms with E-state index in [1.807, 2.05) is 36.4 Å². The number of halogens is 1. The van der Waals surface area contributed by atoms with Gasteiger partial charge in [-0.1, -0.05) is 53.7 Å². The Bertz CT molecular complexity index is 840. The van der Waals surface area contributed by atoms with Crippen molar-refractivity contribution in [3.8, 4) is 11.3 Å². The Morgan fingerprint density at radius 1 is 1.14 bits per heavy atom. The third kappa shape index (κ3) is 3.21. The van der Waals surface area contributed by atoms with Crippen LogP contribution in [0.2, 0.25) is 5.02 Å². The quantitative estimate of drug-likeness (QED) is 0.544. The number of aliphatic carboxylic acids is 1. The smallest absolute Gasteiger partial charge is 0.189 e. The Labute approximate surface area is 136 Å². The number of fused-ring (bicyclic) bond motifs is 1. The summed E-state index contributed by atoms with van der Waals surface area (Å²) in [6.07, 6.45) is 0. The number of hydrogen-bond acceptors (Lipinski definition) is 5. The standard InChI is InChI=1S/C16H11ClN2O2S/c17-11-6-7-13-12(8-11)15(10-4-2-1-3-5-10)19-16(18-13)22-9-14(20)21/h1-8H,9H2,(H,20,21)/p-1. The molecule has 0 bridgehead atoms. The van der Waals surface area contributed by atoms with Crippen LogP contribution in [0.25, 0.3) is 22.2 Å². The van der Waals surface area contributed by atoms with E-state index in [4.69, 9.17) is 11.6 Å². The molecule has 0 aliphatic rings. The van der Waals surface area contributed by atoms with Crippen LogP contribution in [0.3, 0.4) is 0 Å². The van der Waals surface area contributed by atoms with E-state index in [2.05, 4.69) is 9.97 Å². The third-order valence-corrected chi connectivity index (χ3v) is 4.06. The topological polar surface area (TPSA) is 65.9 Å². The summed E-state index contributed by atoms with van der Waals surface area (Å²) in [5.74, 6) is -1.33. The van der Waals surface area contributed by atoms with Crippen LogP contribution >= 0.6 is 23.4 Å². The molecule has 0 spiro atoms. The van der Waals surface area contributed by atoms with Crippen molar-refractivity contribution in [2.45, 2.75) is 5.16 Å². The van der Waals surface area contributed by atoms with Crippen molar-refractivity contribution in [1.29, 1.82) is 0 Å². The van der Waals surface area contributed by atoms with E-state index in [-0.39, 0.29) is 5.75 Å². The second-order valence-corrected chi connectivity index (χ2v) is 5.92. The molecule has 0 saturated carbocycles. The summed E-state index contributed by atoms with van der Waals surface area (Å²) in [7, 11) is 0. The van der Waals surface area contributed by atoms with Gasteiger partial charge in [0, 0.05) is 21.7 Å². The minimum absolute atomic E-state index is 0.187. The van der Waals surface area contributed by atoms with Crippen molar-refractivity contribution in [1.82, 2.24) is 9.97 Å². The molecule has 4 nitrogen and oxygen atoms in total. The monoisotopic (exact) mass is 329 g/mol. The molecule has 1 heterocycles. The molecule has 0 amide bonds. The highest BCUT2D eigenvalue weighted by atomic mass is 35.5. The van der Waals surface area contributed by atoms with E-state index in [0.29, 0.717) is 10.2 Å². The highest BCUT2D eigenvalue weighted by Crippen LogP contribution is 2.30. The molecular formula is C16H10ClN2O2S-. The number of thioether (sulfide) groups is 1. The number of carboxylic acids is 1. The van der Waals surface area contributed by atoms with Gasteiger partial charge in [0.15, 0.2) is 5.16 Å². The van der Waals surface area contributed by atoms with E-state index in [9.17, 15) is 9.90 Å². The number of carbonyl (C=O) groups excluding carboxylic acids is 1. The molecule has 2 aromatic carbocycles. The lowest BCUT2D eigenvalue weighted by atomic mass is 10.1. The summed E-state index contributed by atoms with van der Waals surface area (Å²) in [4.78, 5) is 19.5.